The number of anilines is 1. The zero-order chi connectivity index (χ0) is 20.7. The number of amides is 1. The number of aliphatic carboxylic acids is 1. The second-order valence-corrected chi connectivity index (χ2v) is 7.08. The lowest BCUT2D eigenvalue weighted by Gasteiger charge is -2.19. The van der Waals surface area contributed by atoms with E-state index in [0.717, 1.165) is 9.65 Å². The van der Waals surface area contributed by atoms with Gasteiger partial charge in [0, 0.05) is 32.9 Å². The van der Waals surface area contributed by atoms with Gasteiger partial charge in [0.2, 0.25) is 0 Å². The van der Waals surface area contributed by atoms with Crippen molar-refractivity contribution in [2.75, 3.05) is 5.32 Å². The number of carboxylic acid groups (broad SMARTS) is 1. The van der Waals surface area contributed by atoms with Crippen LogP contribution in [0.3, 0.4) is 0 Å². The normalized spacial score (nSPS) is 11.8. The van der Waals surface area contributed by atoms with E-state index in [9.17, 15) is 19.5 Å². The van der Waals surface area contributed by atoms with Crippen molar-refractivity contribution in [3.8, 4) is 5.75 Å². The van der Waals surface area contributed by atoms with Crippen molar-refractivity contribution in [3.63, 3.8) is 0 Å². The van der Waals surface area contributed by atoms with E-state index < -0.39 is 18.2 Å². The number of hydrogen-bond acceptors (Lipinski definition) is 5. The van der Waals surface area contributed by atoms with Gasteiger partial charge in [-0.3, -0.25) is 10.1 Å². The summed E-state index contributed by atoms with van der Waals surface area (Å²) in [7, 11) is 0. The van der Waals surface area contributed by atoms with Crippen molar-refractivity contribution in [1.29, 1.82) is 0 Å². The number of Topliss-reactive ketones (excluding diaryl/α,β-unsaturated/α-hetero) is 1. The molecule has 3 N–H and O–H groups in total. The van der Waals surface area contributed by atoms with E-state index in [4.69, 9.17) is 9.84 Å². The number of nitrogens with one attached hydrogen (secondary N) is 1. The molecule has 0 bridgehead atoms. The summed E-state index contributed by atoms with van der Waals surface area (Å²) in [4.78, 5) is 34.3. The first-order valence-corrected chi connectivity index (χ1v) is 9.30. The summed E-state index contributed by atoms with van der Waals surface area (Å²) in [5.41, 5.74) is 1.31. The van der Waals surface area contributed by atoms with E-state index in [2.05, 4.69) is 27.9 Å². The standard InChI is InChI=1S/C20H18INO6/c1-12(23)13-5-8-15(9-6-13)22-20(27)28-18(3-2-4-19(25)26)16-11-14(21)7-10-17(16)24/h2,4-11,18,24H,3H2,1H3,(H,22,27)(H,25,26)/b4-2+/t18-/m0/s1. The highest BCUT2D eigenvalue weighted by Gasteiger charge is 2.20. The fraction of sp³-hybridized carbons (Fsp3) is 0.150. The first-order chi connectivity index (χ1) is 13.3. The zero-order valence-corrected chi connectivity index (χ0v) is 17.0. The molecule has 0 unspecified atom stereocenters. The number of aromatic hydroxyl groups is 1. The molecular formula is C20H18INO6. The van der Waals surface area contributed by atoms with E-state index >= 15 is 0 Å². The largest absolute Gasteiger partial charge is 0.508 e. The van der Waals surface area contributed by atoms with E-state index in [1.807, 2.05) is 0 Å². The monoisotopic (exact) mass is 495 g/mol. The summed E-state index contributed by atoms with van der Waals surface area (Å²) in [5, 5.41) is 21.4. The summed E-state index contributed by atoms with van der Waals surface area (Å²) in [5.74, 6) is -1.28. The quantitative estimate of drug-likeness (QED) is 0.296. The molecule has 0 aliphatic heterocycles. The Labute approximate surface area is 175 Å². The molecule has 1 amide bonds. The minimum atomic E-state index is -1.12. The summed E-state index contributed by atoms with van der Waals surface area (Å²) >= 11 is 2.06. The number of ether oxygens (including phenoxy) is 1. The van der Waals surface area contributed by atoms with Gasteiger partial charge in [-0.05, 0) is 72.0 Å². The van der Waals surface area contributed by atoms with Crippen molar-refractivity contribution in [3.05, 3.63) is 69.3 Å². The van der Waals surface area contributed by atoms with Crippen molar-refractivity contribution in [1.82, 2.24) is 0 Å². The number of benzene rings is 2. The van der Waals surface area contributed by atoms with Crippen LogP contribution in [0.1, 0.15) is 35.4 Å². The average molecular weight is 495 g/mol. The fourth-order valence-corrected chi connectivity index (χ4v) is 2.89. The fourth-order valence-electron chi connectivity index (χ4n) is 2.38. The van der Waals surface area contributed by atoms with Gasteiger partial charge in [0.05, 0.1) is 0 Å². The second kappa shape index (κ2) is 9.88. The molecule has 0 saturated heterocycles. The summed E-state index contributed by atoms with van der Waals surface area (Å²) in [6.45, 7) is 1.44. The number of phenols is 1. The molecule has 0 aromatic heterocycles. The van der Waals surface area contributed by atoms with E-state index in [1.54, 1.807) is 36.4 Å². The van der Waals surface area contributed by atoms with Crippen LogP contribution in [-0.4, -0.2) is 28.1 Å². The smallest absolute Gasteiger partial charge is 0.412 e. The highest BCUT2D eigenvalue weighted by atomic mass is 127. The molecule has 0 saturated carbocycles. The van der Waals surface area contributed by atoms with Gasteiger partial charge in [-0.2, -0.15) is 0 Å². The van der Waals surface area contributed by atoms with Gasteiger partial charge in [0.25, 0.3) is 0 Å². The summed E-state index contributed by atoms with van der Waals surface area (Å²) < 4.78 is 6.23. The van der Waals surface area contributed by atoms with E-state index in [1.165, 1.54) is 19.1 Å². The molecule has 0 radical (unpaired) electrons. The summed E-state index contributed by atoms with van der Waals surface area (Å²) in [6, 6.07) is 11.1. The predicted octanol–water partition coefficient (Wildman–Crippen LogP) is 4.52. The molecule has 28 heavy (non-hydrogen) atoms. The lowest BCUT2D eigenvalue weighted by atomic mass is 10.1. The van der Waals surface area contributed by atoms with Gasteiger partial charge in [0.15, 0.2) is 5.78 Å². The molecule has 8 heteroatoms. The first kappa shape index (κ1) is 21.4. The van der Waals surface area contributed by atoms with Gasteiger partial charge < -0.3 is 14.9 Å². The molecule has 2 aromatic carbocycles. The van der Waals surface area contributed by atoms with Crippen LogP contribution < -0.4 is 5.32 Å². The number of carboxylic acids is 1. The Hall–Kier alpha value is -2.88. The number of carbonyl (C=O) groups is 3. The van der Waals surface area contributed by atoms with Crippen LogP contribution in [0.15, 0.2) is 54.6 Å². The Morgan fingerprint density at radius 1 is 1.18 bits per heavy atom. The Kier molecular flexibility index (Phi) is 7.56. The Balaban J connectivity index is 2.16. The second-order valence-electron chi connectivity index (χ2n) is 5.83. The van der Waals surface area contributed by atoms with Crippen molar-refractivity contribution in [2.45, 2.75) is 19.4 Å². The van der Waals surface area contributed by atoms with Gasteiger partial charge >= 0.3 is 12.1 Å². The Morgan fingerprint density at radius 3 is 2.46 bits per heavy atom. The van der Waals surface area contributed by atoms with Gasteiger partial charge in [-0.25, -0.2) is 9.59 Å². The molecule has 2 aromatic rings. The maximum absolute atomic E-state index is 12.3. The molecule has 1 atom stereocenters. The highest BCUT2D eigenvalue weighted by molar-refractivity contribution is 14.1. The number of carbonyl (C=O) groups excluding carboxylic acids is 2. The van der Waals surface area contributed by atoms with Gasteiger partial charge in [-0.1, -0.05) is 6.08 Å². The molecule has 0 aliphatic carbocycles. The van der Waals surface area contributed by atoms with Crippen LogP contribution in [-0.2, 0) is 9.53 Å². The predicted molar refractivity (Wildman–Crippen MR) is 112 cm³/mol. The molecule has 0 spiro atoms. The molecule has 0 aliphatic rings. The van der Waals surface area contributed by atoms with Crippen LogP contribution in [0.4, 0.5) is 10.5 Å². The molecule has 2 rings (SSSR count). The van der Waals surface area contributed by atoms with Gasteiger partial charge in [0.1, 0.15) is 11.9 Å². The SMILES string of the molecule is CC(=O)c1ccc(NC(=O)O[C@@H](C/C=C/C(=O)O)c2cc(I)ccc2O)cc1. The van der Waals surface area contributed by atoms with Crippen LogP contribution >= 0.6 is 22.6 Å². The van der Waals surface area contributed by atoms with E-state index in [0.29, 0.717) is 16.8 Å². The average Bonchev–Trinajstić information content (AvgIpc) is 2.63. The minimum Gasteiger partial charge on any atom is -0.508 e. The Morgan fingerprint density at radius 2 is 1.86 bits per heavy atom. The van der Waals surface area contributed by atoms with Crippen LogP contribution in [0.2, 0.25) is 0 Å². The number of ketones is 1. The Bertz CT molecular complexity index is 907. The number of phenolic OH excluding ortho intramolecular Hbond substituents is 1. The first-order valence-electron chi connectivity index (χ1n) is 8.22. The van der Waals surface area contributed by atoms with E-state index in [-0.39, 0.29) is 18.0 Å². The third kappa shape index (κ3) is 6.38. The molecular weight excluding hydrogens is 477 g/mol. The maximum atomic E-state index is 12.3. The third-order valence-corrected chi connectivity index (χ3v) is 4.41. The van der Waals surface area contributed by atoms with Crippen molar-refractivity contribution >= 4 is 46.1 Å². The lowest BCUT2D eigenvalue weighted by Crippen LogP contribution is -2.17. The van der Waals surface area contributed by atoms with Gasteiger partial charge in [-0.15, -0.1) is 0 Å². The maximum Gasteiger partial charge on any atom is 0.412 e. The molecule has 0 fully saturated rings. The highest BCUT2D eigenvalue weighted by Crippen LogP contribution is 2.31. The van der Waals surface area contributed by atoms with Crippen LogP contribution in [0, 0.1) is 3.57 Å². The van der Waals surface area contributed by atoms with Crippen molar-refractivity contribution < 1.29 is 29.3 Å². The molecule has 146 valence electrons. The molecule has 7 nitrogen and oxygen atoms in total. The lowest BCUT2D eigenvalue weighted by molar-refractivity contribution is -0.131. The number of rotatable bonds is 7. The van der Waals surface area contributed by atoms with Crippen molar-refractivity contribution in [2.24, 2.45) is 0 Å². The zero-order valence-electron chi connectivity index (χ0n) is 14.9. The molecule has 0 heterocycles. The number of hydrogen-bond donors (Lipinski definition) is 3. The summed E-state index contributed by atoms with van der Waals surface area (Å²) in [6.07, 6.45) is 0.696. The number of halogens is 1. The topological polar surface area (TPSA) is 113 Å². The third-order valence-electron chi connectivity index (χ3n) is 3.73. The van der Waals surface area contributed by atoms with Crippen LogP contribution in [0.5, 0.6) is 5.75 Å². The van der Waals surface area contributed by atoms with Crippen LogP contribution in [0.25, 0.3) is 0 Å². The minimum absolute atomic E-state index is 0.0623.